The van der Waals surface area contributed by atoms with Crippen LogP contribution in [0.1, 0.15) is 35.1 Å². The van der Waals surface area contributed by atoms with E-state index in [1.54, 1.807) is 0 Å². The molecule has 0 aliphatic heterocycles. The summed E-state index contributed by atoms with van der Waals surface area (Å²) in [5.41, 5.74) is 4.28. The number of aryl methyl sites for hydroxylation is 2. The van der Waals surface area contributed by atoms with Gasteiger partial charge in [-0.2, -0.15) is 0 Å². The molecule has 2 aromatic carbocycles. The molecule has 0 radical (unpaired) electrons. The molecule has 2 aromatic rings. The molecule has 0 atom stereocenters. The molecule has 0 unspecified atom stereocenters. The maximum atomic E-state index is 11.3. The second kappa shape index (κ2) is 12.0. The molecule has 0 aliphatic carbocycles. The zero-order valence-electron chi connectivity index (χ0n) is 17.2. The topological polar surface area (TPSA) is 72.8 Å². The third kappa shape index (κ3) is 8.08. The first-order valence-electron chi connectivity index (χ1n) is 9.94. The van der Waals surface area contributed by atoms with Crippen LogP contribution in [-0.2, 0) is 44.7 Å². The number of benzene rings is 2. The second-order valence-corrected chi connectivity index (χ2v) is 7.26. The summed E-state index contributed by atoms with van der Waals surface area (Å²) in [6.07, 6.45) is 4.17. The fraction of sp³-hybridized carbons (Fsp3) is 0.417. The van der Waals surface area contributed by atoms with Gasteiger partial charge in [-0.3, -0.25) is 9.59 Å². The summed E-state index contributed by atoms with van der Waals surface area (Å²) in [5, 5.41) is 9.72. The van der Waals surface area contributed by atoms with Crippen LogP contribution >= 0.6 is 0 Å². The van der Waals surface area contributed by atoms with Crippen molar-refractivity contribution in [2.75, 3.05) is 20.8 Å². The monoisotopic (exact) mass is 398 g/mol. The average Bonchev–Trinajstić information content (AvgIpc) is 2.75. The van der Waals surface area contributed by atoms with Crippen molar-refractivity contribution >= 4 is 11.9 Å². The summed E-state index contributed by atoms with van der Waals surface area (Å²) in [5.74, 6) is -0.243. The molecule has 0 amide bonds. The van der Waals surface area contributed by atoms with Crippen molar-refractivity contribution in [3.63, 3.8) is 0 Å². The van der Waals surface area contributed by atoms with Crippen LogP contribution < -0.4 is 0 Å². The lowest BCUT2D eigenvalue weighted by atomic mass is 9.93. The minimum Gasteiger partial charge on any atom is -0.469 e. The Hall–Kier alpha value is -2.66. The highest BCUT2D eigenvalue weighted by molar-refractivity contribution is 5.72. The molecule has 0 spiro atoms. The molecule has 1 N–H and O–H groups in total. The van der Waals surface area contributed by atoms with Crippen LogP contribution in [0.15, 0.2) is 48.5 Å². The number of ether oxygens (including phenoxy) is 2. The zero-order valence-corrected chi connectivity index (χ0v) is 17.2. The van der Waals surface area contributed by atoms with Gasteiger partial charge >= 0.3 is 11.9 Å². The summed E-state index contributed by atoms with van der Waals surface area (Å²) in [7, 11) is 2.78. The number of rotatable bonds is 11. The smallest absolute Gasteiger partial charge is 0.309 e. The van der Waals surface area contributed by atoms with Crippen molar-refractivity contribution in [3.05, 3.63) is 70.8 Å². The summed E-state index contributed by atoms with van der Waals surface area (Å²) < 4.78 is 9.36. The van der Waals surface area contributed by atoms with E-state index in [1.807, 2.05) is 48.5 Å². The Balaban J connectivity index is 1.78. The van der Waals surface area contributed by atoms with Crippen LogP contribution in [0.5, 0.6) is 0 Å². The predicted octanol–water partition coefficient (Wildman–Crippen LogP) is 3.29. The molecule has 0 aliphatic rings. The van der Waals surface area contributed by atoms with E-state index in [4.69, 9.17) is 0 Å². The van der Waals surface area contributed by atoms with Gasteiger partial charge in [0.1, 0.15) is 0 Å². The highest BCUT2D eigenvalue weighted by Gasteiger charge is 2.10. The fourth-order valence-corrected chi connectivity index (χ4v) is 3.19. The first-order valence-corrected chi connectivity index (χ1v) is 9.94. The minimum atomic E-state index is -0.239. The first kappa shape index (κ1) is 22.6. The lowest BCUT2D eigenvalue weighted by Gasteiger charge is -2.14. The van der Waals surface area contributed by atoms with Gasteiger partial charge in [-0.15, -0.1) is 0 Å². The number of hydrogen-bond donors (Lipinski definition) is 1. The van der Waals surface area contributed by atoms with Crippen molar-refractivity contribution in [2.45, 2.75) is 38.5 Å². The van der Waals surface area contributed by atoms with Gasteiger partial charge in [-0.05, 0) is 53.9 Å². The van der Waals surface area contributed by atoms with E-state index in [-0.39, 0.29) is 37.3 Å². The zero-order chi connectivity index (χ0) is 21.1. The molecule has 5 heteroatoms. The maximum Gasteiger partial charge on any atom is 0.309 e. The van der Waals surface area contributed by atoms with Crippen LogP contribution in [0, 0.1) is 5.92 Å². The van der Waals surface area contributed by atoms with Gasteiger partial charge in [0.25, 0.3) is 0 Å². The van der Waals surface area contributed by atoms with Gasteiger partial charge in [0.2, 0.25) is 0 Å². The molecule has 0 saturated heterocycles. The van der Waals surface area contributed by atoms with Crippen molar-refractivity contribution in [2.24, 2.45) is 5.92 Å². The van der Waals surface area contributed by atoms with E-state index in [0.717, 1.165) is 36.8 Å². The molecular weight excluding hydrogens is 368 g/mol. The molecule has 156 valence electrons. The third-order valence-corrected chi connectivity index (χ3v) is 5.14. The van der Waals surface area contributed by atoms with E-state index < -0.39 is 0 Å². The van der Waals surface area contributed by atoms with E-state index >= 15 is 0 Å². The van der Waals surface area contributed by atoms with E-state index in [9.17, 15) is 14.7 Å². The highest BCUT2D eigenvalue weighted by Crippen LogP contribution is 2.17. The Morgan fingerprint density at radius 2 is 1.07 bits per heavy atom. The molecule has 2 rings (SSSR count). The summed E-state index contributed by atoms with van der Waals surface area (Å²) in [6, 6.07) is 16.0. The number of carbonyl (C=O) groups is 2. The normalized spacial score (nSPS) is 10.8. The van der Waals surface area contributed by atoms with Crippen molar-refractivity contribution in [3.8, 4) is 0 Å². The summed E-state index contributed by atoms with van der Waals surface area (Å²) in [6.45, 7) is 0.168. The number of hydrogen-bond acceptors (Lipinski definition) is 5. The Morgan fingerprint density at radius 3 is 1.38 bits per heavy atom. The summed E-state index contributed by atoms with van der Waals surface area (Å²) >= 11 is 0. The van der Waals surface area contributed by atoms with Gasteiger partial charge in [0.05, 0.1) is 27.1 Å². The van der Waals surface area contributed by atoms with Gasteiger partial charge in [0.15, 0.2) is 0 Å². The van der Waals surface area contributed by atoms with Gasteiger partial charge in [-0.25, -0.2) is 0 Å². The molecule has 0 bridgehead atoms. The number of esters is 2. The first-order chi connectivity index (χ1) is 14.0. The fourth-order valence-electron chi connectivity index (χ4n) is 3.19. The lowest BCUT2D eigenvalue weighted by Crippen LogP contribution is -2.09. The van der Waals surface area contributed by atoms with Crippen molar-refractivity contribution in [1.82, 2.24) is 0 Å². The average molecular weight is 398 g/mol. The van der Waals surface area contributed by atoms with E-state index in [0.29, 0.717) is 0 Å². The molecular formula is C24H30O5. The number of aliphatic hydroxyl groups is 1. The lowest BCUT2D eigenvalue weighted by molar-refractivity contribution is -0.140. The summed E-state index contributed by atoms with van der Waals surface area (Å²) in [4.78, 5) is 22.6. The Labute approximate surface area is 172 Å². The van der Waals surface area contributed by atoms with Gasteiger partial charge < -0.3 is 14.6 Å². The van der Waals surface area contributed by atoms with Crippen molar-refractivity contribution in [1.29, 1.82) is 0 Å². The quantitative estimate of drug-likeness (QED) is 0.588. The van der Waals surface area contributed by atoms with Gasteiger partial charge in [-0.1, -0.05) is 48.5 Å². The highest BCUT2D eigenvalue weighted by atomic mass is 16.5. The van der Waals surface area contributed by atoms with Gasteiger partial charge in [0, 0.05) is 6.61 Å². The third-order valence-electron chi connectivity index (χ3n) is 5.14. The molecule has 0 heterocycles. The van der Waals surface area contributed by atoms with E-state index in [2.05, 4.69) is 9.47 Å². The van der Waals surface area contributed by atoms with Crippen molar-refractivity contribution < 1.29 is 24.2 Å². The Kier molecular flexibility index (Phi) is 9.38. The van der Waals surface area contributed by atoms with Crippen LogP contribution in [0.3, 0.4) is 0 Å². The maximum absolute atomic E-state index is 11.3. The molecule has 29 heavy (non-hydrogen) atoms. The largest absolute Gasteiger partial charge is 0.469 e. The minimum absolute atomic E-state index is 0.168. The number of aliphatic hydroxyl groups excluding tert-OH is 1. The molecule has 0 fully saturated rings. The van der Waals surface area contributed by atoms with Crippen LogP contribution in [-0.4, -0.2) is 37.9 Å². The van der Waals surface area contributed by atoms with E-state index in [1.165, 1.54) is 25.3 Å². The Morgan fingerprint density at radius 1 is 0.724 bits per heavy atom. The number of carbonyl (C=O) groups excluding carboxylic acids is 2. The predicted molar refractivity (Wildman–Crippen MR) is 112 cm³/mol. The standard InChI is InChI=1S/C24H30O5/c1-28-23(26)15-20-9-3-18(4-10-20)7-13-22(17-25)14-8-19-5-11-21(12-6-19)16-24(27)29-2/h3-6,9-12,22,25H,7-8,13-17H2,1-2H3. The molecule has 0 saturated carbocycles. The Bertz CT molecular complexity index is 699. The second-order valence-electron chi connectivity index (χ2n) is 7.26. The van der Waals surface area contributed by atoms with Crippen LogP contribution in [0.2, 0.25) is 0 Å². The number of methoxy groups -OCH3 is 2. The SMILES string of the molecule is COC(=O)Cc1ccc(CCC(CO)CCc2ccc(CC(=O)OC)cc2)cc1. The molecule has 0 aromatic heterocycles. The van der Waals surface area contributed by atoms with Crippen LogP contribution in [0.25, 0.3) is 0 Å². The molecule has 5 nitrogen and oxygen atoms in total. The van der Waals surface area contributed by atoms with Crippen LogP contribution in [0.4, 0.5) is 0 Å².